The van der Waals surface area contributed by atoms with Crippen molar-refractivity contribution in [1.29, 1.82) is 0 Å². The SMILES string of the molecule is CCc1ccnc(SC)c1OC1CC1. The number of hydrogen-bond acceptors (Lipinski definition) is 3. The van der Waals surface area contributed by atoms with Crippen LogP contribution in [0.5, 0.6) is 5.75 Å². The highest BCUT2D eigenvalue weighted by molar-refractivity contribution is 7.98. The Hall–Kier alpha value is -0.700. The van der Waals surface area contributed by atoms with Crippen molar-refractivity contribution in [3.05, 3.63) is 17.8 Å². The molecule has 1 aliphatic rings. The molecule has 1 aliphatic carbocycles. The first-order chi connectivity index (χ1) is 6.85. The number of aromatic nitrogens is 1. The number of nitrogens with zero attached hydrogens (tertiary/aromatic N) is 1. The van der Waals surface area contributed by atoms with Crippen LogP contribution in [-0.2, 0) is 6.42 Å². The van der Waals surface area contributed by atoms with Crippen LogP contribution in [0.2, 0.25) is 0 Å². The molecular weight excluding hydrogens is 194 g/mol. The van der Waals surface area contributed by atoms with Gasteiger partial charge in [-0.1, -0.05) is 6.92 Å². The van der Waals surface area contributed by atoms with Crippen LogP contribution in [0.25, 0.3) is 0 Å². The third-order valence-electron chi connectivity index (χ3n) is 2.34. The molecule has 0 radical (unpaired) electrons. The number of hydrogen-bond donors (Lipinski definition) is 0. The van der Waals surface area contributed by atoms with E-state index in [1.54, 1.807) is 11.8 Å². The van der Waals surface area contributed by atoms with Crippen LogP contribution in [0.1, 0.15) is 25.3 Å². The van der Waals surface area contributed by atoms with Gasteiger partial charge in [0.1, 0.15) is 5.03 Å². The predicted octanol–water partition coefficient (Wildman–Crippen LogP) is 2.91. The number of rotatable bonds is 4. The Morgan fingerprint density at radius 3 is 2.93 bits per heavy atom. The van der Waals surface area contributed by atoms with Crippen LogP contribution < -0.4 is 4.74 Å². The number of thioether (sulfide) groups is 1. The number of ether oxygens (including phenoxy) is 1. The minimum Gasteiger partial charge on any atom is -0.487 e. The standard InChI is InChI=1S/C11H15NOS/c1-3-8-6-7-12-11(14-2)10(8)13-9-4-5-9/h6-7,9H,3-5H2,1-2H3. The van der Waals surface area contributed by atoms with Gasteiger partial charge in [0.15, 0.2) is 5.75 Å². The van der Waals surface area contributed by atoms with E-state index in [-0.39, 0.29) is 0 Å². The molecule has 3 heteroatoms. The van der Waals surface area contributed by atoms with Gasteiger partial charge in [0, 0.05) is 6.20 Å². The van der Waals surface area contributed by atoms with E-state index in [2.05, 4.69) is 18.0 Å². The minimum absolute atomic E-state index is 0.454. The molecule has 0 saturated heterocycles. The lowest BCUT2D eigenvalue weighted by Crippen LogP contribution is -2.02. The van der Waals surface area contributed by atoms with E-state index >= 15 is 0 Å². The molecule has 0 amide bonds. The molecule has 1 heterocycles. The molecule has 2 rings (SSSR count). The summed E-state index contributed by atoms with van der Waals surface area (Å²) in [5.74, 6) is 1.02. The molecule has 0 atom stereocenters. The van der Waals surface area contributed by atoms with Crippen molar-refractivity contribution in [3.63, 3.8) is 0 Å². The van der Waals surface area contributed by atoms with Crippen molar-refractivity contribution in [2.24, 2.45) is 0 Å². The fourth-order valence-electron chi connectivity index (χ4n) is 1.37. The fourth-order valence-corrected chi connectivity index (χ4v) is 1.90. The maximum absolute atomic E-state index is 5.89. The quantitative estimate of drug-likeness (QED) is 0.712. The zero-order valence-corrected chi connectivity index (χ0v) is 9.43. The maximum atomic E-state index is 5.89. The predicted molar refractivity (Wildman–Crippen MR) is 59.0 cm³/mol. The first kappa shape index (κ1) is 9.84. The molecular formula is C11H15NOS. The molecule has 0 unspecified atom stereocenters. The summed E-state index contributed by atoms with van der Waals surface area (Å²) < 4.78 is 5.89. The highest BCUT2D eigenvalue weighted by Gasteiger charge is 2.25. The minimum atomic E-state index is 0.454. The van der Waals surface area contributed by atoms with Crippen LogP contribution in [0.4, 0.5) is 0 Å². The molecule has 1 fully saturated rings. The number of aryl methyl sites for hydroxylation is 1. The van der Waals surface area contributed by atoms with Gasteiger partial charge < -0.3 is 4.74 Å². The summed E-state index contributed by atoms with van der Waals surface area (Å²) in [6.45, 7) is 2.15. The zero-order chi connectivity index (χ0) is 9.97. The zero-order valence-electron chi connectivity index (χ0n) is 8.62. The Morgan fingerprint density at radius 1 is 1.57 bits per heavy atom. The average Bonchev–Trinajstić information content (AvgIpc) is 3.02. The smallest absolute Gasteiger partial charge is 0.155 e. The van der Waals surface area contributed by atoms with Gasteiger partial charge in [-0.25, -0.2) is 4.98 Å². The third kappa shape index (κ3) is 2.03. The first-order valence-electron chi connectivity index (χ1n) is 5.03. The summed E-state index contributed by atoms with van der Waals surface area (Å²) >= 11 is 1.66. The van der Waals surface area contributed by atoms with Crippen molar-refractivity contribution in [1.82, 2.24) is 4.98 Å². The first-order valence-corrected chi connectivity index (χ1v) is 6.26. The van der Waals surface area contributed by atoms with Crippen molar-refractivity contribution < 1.29 is 4.74 Å². The molecule has 0 aromatic carbocycles. The summed E-state index contributed by atoms with van der Waals surface area (Å²) in [4.78, 5) is 4.32. The van der Waals surface area contributed by atoms with Crippen LogP contribution in [-0.4, -0.2) is 17.3 Å². The van der Waals surface area contributed by atoms with Crippen molar-refractivity contribution in [2.75, 3.05) is 6.26 Å². The lowest BCUT2D eigenvalue weighted by Gasteiger charge is -2.12. The van der Waals surface area contributed by atoms with Crippen LogP contribution in [0.3, 0.4) is 0 Å². The highest BCUT2D eigenvalue weighted by atomic mass is 32.2. The van der Waals surface area contributed by atoms with Crippen LogP contribution >= 0.6 is 11.8 Å². The van der Waals surface area contributed by atoms with Gasteiger partial charge in [-0.15, -0.1) is 11.8 Å². The molecule has 14 heavy (non-hydrogen) atoms. The van der Waals surface area contributed by atoms with E-state index in [0.717, 1.165) is 17.2 Å². The Balaban J connectivity index is 2.29. The third-order valence-corrected chi connectivity index (χ3v) is 3.01. The van der Waals surface area contributed by atoms with E-state index in [4.69, 9.17) is 4.74 Å². The van der Waals surface area contributed by atoms with Gasteiger partial charge in [-0.3, -0.25) is 0 Å². The molecule has 0 aliphatic heterocycles. The second-order valence-electron chi connectivity index (χ2n) is 3.48. The Bertz CT molecular complexity index is 301. The summed E-state index contributed by atoms with van der Waals surface area (Å²) in [6.07, 6.45) is 7.78. The second-order valence-corrected chi connectivity index (χ2v) is 4.27. The van der Waals surface area contributed by atoms with Gasteiger partial charge in [0.25, 0.3) is 0 Å². The van der Waals surface area contributed by atoms with Gasteiger partial charge in [-0.2, -0.15) is 0 Å². The maximum Gasteiger partial charge on any atom is 0.155 e. The van der Waals surface area contributed by atoms with Gasteiger partial charge >= 0.3 is 0 Å². The van der Waals surface area contributed by atoms with Crippen molar-refractivity contribution in [2.45, 2.75) is 37.3 Å². The monoisotopic (exact) mass is 209 g/mol. The van der Waals surface area contributed by atoms with Gasteiger partial charge in [0.2, 0.25) is 0 Å². The van der Waals surface area contributed by atoms with Crippen LogP contribution in [0.15, 0.2) is 17.3 Å². The topological polar surface area (TPSA) is 22.1 Å². The van der Waals surface area contributed by atoms with Gasteiger partial charge in [-0.05, 0) is 37.1 Å². The Kier molecular flexibility index (Phi) is 2.96. The fraction of sp³-hybridized carbons (Fsp3) is 0.545. The molecule has 1 saturated carbocycles. The molecule has 0 N–H and O–H groups in total. The lowest BCUT2D eigenvalue weighted by molar-refractivity contribution is 0.290. The number of pyridine rings is 1. The second kappa shape index (κ2) is 4.22. The van der Waals surface area contributed by atoms with Gasteiger partial charge in [0.05, 0.1) is 6.10 Å². The molecule has 1 aromatic rings. The largest absolute Gasteiger partial charge is 0.487 e. The summed E-state index contributed by atoms with van der Waals surface area (Å²) in [7, 11) is 0. The van der Waals surface area contributed by atoms with Crippen molar-refractivity contribution in [3.8, 4) is 5.75 Å². The lowest BCUT2D eigenvalue weighted by atomic mass is 10.2. The summed E-state index contributed by atoms with van der Waals surface area (Å²) in [6, 6.07) is 2.05. The average molecular weight is 209 g/mol. The summed E-state index contributed by atoms with van der Waals surface area (Å²) in [5, 5.41) is 1.02. The molecule has 76 valence electrons. The molecule has 1 aromatic heterocycles. The van der Waals surface area contributed by atoms with E-state index in [1.807, 2.05) is 12.5 Å². The van der Waals surface area contributed by atoms with E-state index < -0.39 is 0 Å². The van der Waals surface area contributed by atoms with E-state index in [9.17, 15) is 0 Å². The Labute approximate surface area is 89.1 Å². The highest BCUT2D eigenvalue weighted by Crippen LogP contribution is 2.34. The molecule has 2 nitrogen and oxygen atoms in total. The van der Waals surface area contributed by atoms with E-state index in [0.29, 0.717) is 6.10 Å². The molecule has 0 bridgehead atoms. The molecule has 0 spiro atoms. The van der Waals surface area contributed by atoms with Crippen molar-refractivity contribution >= 4 is 11.8 Å². The Morgan fingerprint density at radius 2 is 2.36 bits per heavy atom. The van der Waals surface area contributed by atoms with E-state index in [1.165, 1.54) is 18.4 Å². The normalized spacial score (nSPS) is 15.6. The summed E-state index contributed by atoms with van der Waals surface area (Å²) in [5.41, 5.74) is 1.27. The van der Waals surface area contributed by atoms with Crippen LogP contribution in [0, 0.1) is 0 Å².